The van der Waals surface area contributed by atoms with E-state index in [4.69, 9.17) is 0 Å². The SMILES string of the molecule is C1=CCC(/C=N/Nc2nc(-c3cccs3)cs2)CC1. The zero-order valence-electron chi connectivity index (χ0n) is 10.5. The lowest BCUT2D eigenvalue weighted by Crippen LogP contribution is -2.04. The highest BCUT2D eigenvalue weighted by molar-refractivity contribution is 7.15. The summed E-state index contributed by atoms with van der Waals surface area (Å²) in [5.74, 6) is 0.564. The normalized spacial score (nSPS) is 19.1. The van der Waals surface area contributed by atoms with Gasteiger partial charge in [0.2, 0.25) is 5.13 Å². The second-order valence-corrected chi connectivity index (χ2v) is 6.26. The van der Waals surface area contributed by atoms with Gasteiger partial charge in [-0.2, -0.15) is 5.10 Å². The molecule has 3 rings (SSSR count). The highest BCUT2D eigenvalue weighted by Gasteiger charge is 2.07. The van der Waals surface area contributed by atoms with Crippen LogP contribution in [0.2, 0.25) is 0 Å². The minimum absolute atomic E-state index is 0.564. The molecule has 0 spiro atoms. The number of hydrogen-bond donors (Lipinski definition) is 1. The van der Waals surface area contributed by atoms with Crippen molar-refractivity contribution < 1.29 is 0 Å². The third kappa shape index (κ3) is 3.30. The molecule has 3 nitrogen and oxygen atoms in total. The number of nitrogens with zero attached hydrogens (tertiary/aromatic N) is 2. The molecule has 2 aromatic heterocycles. The lowest BCUT2D eigenvalue weighted by atomic mass is 9.96. The molecule has 19 heavy (non-hydrogen) atoms. The second kappa shape index (κ2) is 6.12. The average molecular weight is 289 g/mol. The summed E-state index contributed by atoms with van der Waals surface area (Å²) in [6.07, 6.45) is 9.94. The Labute approximate surface area is 120 Å². The lowest BCUT2D eigenvalue weighted by Gasteiger charge is -2.11. The fraction of sp³-hybridized carbons (Fsp3) is 0.286. The van der Waals surface area contributed by atoms with Gasteiger partial charge in [-0.1, -0.05) is 18.2 Å². The fourth-order valence-corrected chi connectivity index (χ4v) is 3.43. The number of thiophene rings is 1. The Morgan fingerprint density at radius 3 is 3.16 bits per heavy atom. The number of rotatable bonds is 4. The van der Waals surface area contributed by atoms with Crippen molar-refractivity contribution in [3.63, 3.8) is 0 Å². The van der Waals surface area contributed by atoms with Gasteiger partial charge in [0.05, 0.1) is 10.6 Å². The van der Waals surface area contributed by atoms with E-state index in [9.17, 15) is 0 Å². The summed E-state index contributed by atoms with van der Waals surface area (Å²) < 4.78 is 0. The molecular weight excluding hydrogens is 274 g/mol. The van der Waals surface area contributed by atoms with Crippen LogP contribution < -0.4 is 5.43 Å². The molecule has 5 heteroatoms. The molecule has 1 atom stereocenters. The summed E-state index contributed by atoms with van der Waals surface area (Å²) in [4.78, 5) is 5.73. The van der Waals surface area contributed by atoms with Gasteiger partial charge in [0.25, 0.3) is 0 Å². The van der Waals surface area contributed by atoms with Crippen molar-refractivity contribution in [2.24, 2.45) is 11.0 Å². The van der Waals surface area contributed by atoms with Crippen molar-refractivity contribution >= 4 is 34.0 Å². The Morgan fingerprint density at radius 2 is 2.37 bits per heavy atom. The zero-order chi connectivity index (χ0) is 12.9. The Bertz CT molecular complexity index is 569. The molecule has 2 aromatic rings. The van der Waals surface area contributed by atoms with E-state index in [0.29, 0.717) is 5.92 Å². The third-order valence-corrected chi connectivity index (χ3v) is 4.67. The van der Waals surface area contributed by atoms with E-state index in [1.807, 2.05) is 12.3 Å². The van der Waals surface area contributed by atoms with Crippen molar-refractivity contribution in [3.8, 4) is 10.6 Å². The first-order valence-corrected chi connectivity index (χ1v) is 8.11. The van der Waals surface area contributed by atoms with Crippen LogP contribution in [0.3, 0.4) is 0 Å². The fourth-order valence-electron chi connectivity index (χ4n) is 2.01. The van der Waals surface area contributed by atoms with Gasteiger partial charge >= 0.3 is 0 Å². The first-order chi connectivity index (χ1) is 9.42. The standard InChI is InChI=1S/C14H15N3S2/c1-2-5-11(6-3-1)9-15-17-14-16-12(10-19-14)13-7-4-8-18-13/h1-2,4,7-11H,3,5-6H2,(H,16,17)/b15-9+. The van der Waals surface area contributed by atoms with E-state index in [1.165, 1.54) is 11.3 Å². The maximum Gasteiger partial charge on any atom is 0.203 e. The van der Waals surface area contributed by atoms with Crippen molar-refractivity contribution in [2.75, 3.05) is 5.43 Å². The van der Waals surface area contributed by atoms with Crippen molar-refractivity contribution in [3.05, 3.63) is 35.0 Å². The van der Waals surface area contributed by atoms with Crippen LogP contribution in [0.5, 0.6) is 0 Å². The summed E-state index contributed by atoms with van der Waals surface area (Å²) in [7, 11) is 0. The molecule has 0 radical (unpaired) electrons. The maximum atomic E-state index is 4.53. The topological polar surface area (TPSA) is 37.3 Å². The molecule has 0 aromatic carbocycles. The molecule has 1 aliphatic carbocycles. The van der Waals surface area contributed by atoms with Crippen LogP contribution in [0.25, 0.3) is 10.6 Å². The highest BCUT2D eigenvalue weighted by atomic mass is 32.1. The van der Waals surface area contributed by atoms with E-state index in [1.54, 1.807) is 22.7 Å². The monoisotopic (exact) mass is 289 g/mol. The minimum atomic E-state index is 0.564. The highest BCUT2D eigenvalue weighted by Crippen LogP contribution is 2.28. The quantitative estimate of drug-likeness (QED) is 0.506. The predicted molar refractivity (Wildman–Crippen MR) is 84.0 cm³/mol. The number of anilines is 1. The van der Waals surface area contributed by atoms with Crippen molar-refractivity contribution in [1.82, 2.24) is 4.98 Å². The lowest BCUT2D eigenvalue weighted by molar-refractivity contribution is 0.627. The first-order valence-electron chi connectivity index (χ1n) is 6.35. The summed E-state index contributed by atoms with van der Waals surface area (Å²) in [6.45, 7) is 0. The summed E-state index contributed by atoms with van der Waals surface area (Å²) in [5, 5.41) is 9.28. The molecular formula is C14H15N3S2. The predicted octanol–water partition coefficient (Wildman–Crippen LogP) is 4.63. The van der Waals surface area contributed by atoms with Gasteiger partial charge in [-0.3, -0.25) is 5.43 Å². The van der Waals surface area contributed by atoms with Crippen molar-refractivity contribution in [1.29, 1.82) is 0 Å². The number of allylic oxidation sites excluding steroid dienone is 2. The van der Waals surface area contributed by atoms with Crippen LogP contribution in [-0.4, -0.2) is 11.2 Å². The zero-order valence-corrected chi connectivity index (χ0v) is 12.1. The van der Waals surface area contributed by atoms with Gasteiger partial charge in [0.1, 0.15) is 0 Å². The van der Waals surface area contributed by atoms with E-state index < -0.39 is 0 Å². The second-order valence-electron chi connectivity index (χ2n) is 4.45. The molecule has 2 heterocycles. The van der Waals surface area contributed by atoms with E-state index in [0.717, 1.165) is 23.7 Å². The van der Waals surface area contributed by atoms with Gasteiger partial charge in [-0.25, -0.2) is 4.98 Å². The molecule has 0 saturated heterocycles. The molecule has 0 bridgehead atoms. The van der Waals surface area contributed by atoms with Crippen molar-refractivity contribution in [2.45, 2.75) is 19.3 Å². The molecule has 0 fully saturated rings. The van der Waals surface area contributed by atoms with Crippen LogP contribution in [-0.2, 0) is 0 Å². The molecule has 98 valence electrons. The van der Waals surface area contributed by atoms with E-state index in [2.05, 4.69) is 44.5 Å². The van der Waals surface area contributed by atoms with Gasteiger partial charge in [0.15, 0.2) is 0 Å². The average Bonchev–Trinajstić information content (AvgIpc) is 3.10. The summed E-state index contributed by atoms with van der Waals surface area (Å²) in [5.41, 5.74) is 4.06. The van der Waals surface area contributed by atoms with Gasteiger partial charge in [0, 0.05) is 11.6 Å². The molecule has 1 aliphatic rings. The summed E-state index contributed by atoms with van der Waals surface area (Å²) in [6, 6.07) is 4.13. The third-order valence-electron chi connectivity index (χ3n) is 3.03. The first kappa shape index (κ1) is 12.6. The Balaban J connectivity index is 1.58. The largest absolute Gasteiger partial charge is 0.253 e. The van der Waals surface area contributed by atoms with Crippen LogP contribution in [0.15, 0.2) is 40.1 Å². The molecule has 1 N–H and O–H groups in total. The smallest absolute Gasteiger partial charge is 0.203 e. The summed E-state index contributed by atoms with van der Waals surface area (Å²) >= 11 is 3.30. The molecule has 1 unspecified atom stereocenters. The van der Waals surface area contributed by atoms with E-state index in [-0.39, 0.29) is 0 Å². The Kier molecular flexibility index (Phi) is 4.05. The number of thiazole rings is 1. The van der Waals surface area contributed by atoms with Crippen LogP contribution in [0.1, 0.15) is 19.3 Å². The van der Waals surface area contributed by atoms with Gasteiger partial charge in [-0.15, -0.1) is 22.7 Å². The Hall–Kier alpha value is -1.46. The number of nitrogens with one attached hydrogen (secondary N) is 1. The van der Waals surface area contributed by atoms with Crippen LogP contribution >= 0.6 is 22.7 Å². The minimum Gasteiger partial charge on any atom is -0.253 e. The van der Waals surface area contributed by atoms with Crippen LogP contribution in [0.4, 0.5) is 5.13 Å². The van der Waals surface area contributed by atoms with E-state index >= 15 is 0 Å². The van der Waals surface area contributed by atoms with Crippen LogP contribution in [0, 0.1) is 5.92 Å². The Morgan fingerprint density at radius 1 is 1.37 bits per heavy atom. The van der Waals surface area contributed by atoms with Gasteiger partial charge < -0.3 is 0 Å². The molecule has 0 aliphatic heterocycles. The molecule has 0 amide bonds. The van der Waals surface area contributed by atoms with Gasteiger partial charge in [-0.05, 0) is 36.6 Å². The number of hydrogen-bond acceptors (Lipinski definition) is 5. The molecule has 0 saturated carbocycles. The maximum absolute atomic E-state index is 4.53. The number of aromatic nitrogens is 1. The number of hydrazone groups is 1.